The molecule has 4 aromatic heterocycles. The van der Waals surface area contributed by atoms with Gasteiger partial charge in [0.2, 0.25) is 0 Å². The Balaban J connectivity index is 0.000000179. The van der Waals surface area contributed by atoms with Crippen LogP contribution in [-0.2, 0) is 0 Å². The number of rotatable bonds is 6. The lowest BCUT2D eigenvalue weighted by molar-refractivity contribution is 0.0690. The molecule has 67 heavy (non-hydrogen) atoms. The molecule has 8 aromatic rings. The third-order valence-corrected chi connectivity index (χ3v) is 11.6. The van der Waals surface area contributed by atoms with Gasteiger partial charge in [-0.1, -0.05) is 55.8 Å². The van der Waals surface area contributed by atoms with Crippen molar-refractivity contribution in [3.8, 4) is 11.4 Å². The second-order valence-electron chi connectivity index (χ2n) is 16.3. The Kier molecular flexibility index (Phi) is 16.1. The lowest BCUT2D eigenvalue weighted by Gasteiger charge is -2.27. The topological polar surface area (TPSA) is 190 Å². The molecule has 0 unspecified atom stereocenters. The molecule has 0 aliphatic carbocycles. The van der Waals surface area contributed by atoms with Crippen molar-refractivity contribution in [3.05, 3.63) is 130 Å². The number of halogens is 1. The third-order valence-electron chi connectivity index (χ3n) is 11.4. The number of carbonyl (C=O) groups is 2. The number of carboxylic acids is 1. The number of hydrogen-bond acceptors (Lipinski definition) is 13. The largest absolute Gasteiger partial charge is 0.478 e. The third kappa shape index (κ3) is 11.7. The number of aryl methyl sites for hydroxylation is 3. The number of aromatic nitrogens is 8. The molecular formula is C49H59ClN12O5. The van der Waals surface area contributed by atoms with Crippen molar-refractivity contribution in [1.82, 2.24) is 50.2 Å². The number of hydrogen-bond donors (Lipinski definition) is 2. The fraction of sp³-hybridized carbons (Fsp3) is 0.347. The predicted molar refractivity (Wildman–Crippen MR) is 262 cm³/mol. The first kappa shape index (κ1) is 49.3. The van der Waals surface area contributed by atoms with E-state index in [-0.39, 0.29) is 32.4 Å². The molecule has 0 spiro atoms. The highest BCUT2D eigenvalue weighted by Gasteiger charge is 2.29. The molecule has 10 rings (SSSR count). The molecule has 2 aliphatic rings. The lowest BCUT2D eigenvalue weighted by atomic mass is 10.1. The molecule has 0 radical (unpaired) electrons. The Morgan fingerprint density at radius 3 is 1.76 bits per heavy atom. The Bertz CT molecular complexity index is 2900. The van der Waals surface area contributed by atoms with Crippen molar-refractivity contribution in [2.24, 2.45) is 0 Å². The molecule has 0 bridgehead atoms. The van der Waals surface area contributed by atoms with Crippen molar-refractivity contribution >= 4 is 57.7 Å². The van der Waals surface area contributed by atoms with Gasteiger partial charge in [-0.25, -0.2) is 4.79 Å². The van der Waals surface area contributed by atoms with E-state index in [0.717, 1.165) is 72.8 Å². The van der Waals surface area contributed by atoms with E-state index in [0.29, 0.717) is 52.7 Å². The molecule has 2 atom stereocenters. The summed E-state index contributed by atoms with van der Waals surface area (Å²) >= 11 is 6.08. The van der Waals surface area contributed by atoms with Gasteiger partial charge in [-0.2, -0.15) is 40.0 Å². The minimum absolute atomic E-state index is 0. The highest BCUT2D eigenvalue weighted by atomic mass is 35.5. The zero-order chi connectivity index (χ0) is 45.6. The second-order valence-corrected chi connectivity index (χ2v) is 16.8. The normalized spacial score (nSPS) is 16.1. The average molecular weight is 932 g/mol. The quantitative estimate of drug-likeness (QED) is 0.161. The Labute approximate surface area is 395 Å². The van der Waals surface area contributed by atoms with Crippen LogP contribution in [0.3, 0.4) is 0 Å². The van der Waals surface area contributed by atoms with E-state index in [9.17, 15) is 9.59 Å². The van der Waals surface area contributed by atoms with Gasteiger partial charge in [0.05, 0.1) is 41.6 Å². The molecular weight excluding hydrogens is 872 g/mol. The van der Waals surface area contributed by atoms with Gasteiger partial charge >= 0.3 is 5.97 Å². The average Bonchev–Trinajstić information content (AvgIpc) is 4.12. The van der Waals surface area contributed by atoms with Crippen LogP contribution in [-0.4, -0.2) is 113 Å². The molecule has 6 heterocycles. The molecule has 2 N–H and O–H groups in total. The van der Waals surface area contributed by atoms with Gasteiger partial charge < -0.3 is 34.0 Å². The number of amides is 1. The van der Waals surface area contributed by atoms with Gasteiger partial charge in [-0.15, -0.1) is 0 Å². The lowest BCUT2D eigenvalue weighted by Crippen LogP contribution is -2.40. The summed E-state index contributed by atoms with van der Waals surface area (Å²) in [5.41, 5.74) is 8.32. The molecule has 2 fully saturated rings. The maximum absolute atomic E-state index is 13.6. The van der Waals surface area contributed by atoms with Crippen LogP contribution in [0.5, 0.6) is 0 Å². The molecule has 1 amide bonds. The number of carboxylic acid groups (broad SMARTS) is 1. The molecule has 0 saturated carbocycles. The SMILES string of the molecule is C.C.Cc1ccc(-n2nccn2)c(C(=O)N2CCN(c3nc4cc(Cl)ccc4o3)CC[C@H]2C)c1.Cc1ccc(-n2nccn2)c(C(=O)O)c1.Cc1ccc2oc(N3CCN[C@H](C)CC3)nc2c1. The monoisotopic (exact) mass is 930 g/mol. The van der Waals surface area contributed by atoms with Crippen LogP contribution in [0.2, 0.25) is 5.02 Å². The maximum atomic E-state index is 13.6. The summed E-state index contributed by atoms with van der Waals surface area (Å²) in [4.78, 5) is 42.9. The maximum Gasteiger partial charge on any atom is 0.337 e. The summed E-state index contributed by atoms with van der Waals surface area (Å²) in [6.07, 6.45) is 8.14. The fourth-order valence-corrected chi connectivity index (χ4v) is 7.93. The first-order valence-corrected chi connectivity index (χ1v) is 21.9. The molecule has 4 aromatic carbocycles. The predicted octanol–water partition coefficient (Wildman–Crippen LogP) is 8.98. The van der Waals surface area contributed by atoms with Crippen LogP contribution >= 0.6 is 11.6 Å². The molecule has 2 saturated heterocycles. The number of nitrogens with zero attached hydrogens (tertiary/aromatic N) is 11. The summed E-state index contributed by atoms with van der Waals surface area (Å²) in [5, 5.41) is 29.4. The standard InChI is InChI=1S/C23H23ClN6O2.C14H19N3O.C10H9N3O2.2CH4/c1-15-3-5-20(30-25-8-9-26-30)18(13-15)22(31)29-12-11-28(10-7-16(29)2)23-27-19-14-17(24)4-6-21(19)32-23;1-10-3-4-13-12(9-10)16-14(18-13)17-7-5-11(2)15-6-8-17;1-7-2-3-9(8(6-7)10(14)15)13-11-4-5-12-13;;/h3-6,8-9,13-14,16H,7,10-12H2,1-2H3;3-4,9,11,15H,5-8H2,1-2H3;2-6H,1H3,(H,14,15);2*1H4/t16-;11-;;;/m11.../s1. The fourth-order valence-electron chi connectivity index (χ4n) is 7.76. The number of anilines is 2. The summed E-state index contributed by atoms with van der Waals surface area (Å²) in [7, 11) is 0. The minimum atomic E-state index is -0.981. The van der Waals surface area contributed by atoms with Crippen LogP contribution in [0, 0.1) is 20.8 Å². The van der Waals surface area contributed by atoms with Gasteiger partial charge in [0.25, 0.3) is 17.9 Å². The summed E-state index contributed by atoms with van der Waals surface area (Å²) in [6, 6.07) is 24.4. The van der Waals surface area contributed by atoms with Crippen LogP contribution in [0.1, 0.15) is 78.9 Å². The number of benzene rings is 4. The van der Waals surface area contributed by atoms with Gasteiger partial charge in [-0.05, 0) is 108 Å². The van der Waals surface area contributed by atoms with Gasteiger partial charge in [-0.3, -0.25) is 4.79 Å². The van der Waals surface area contributed by atoms with Crippen molar-refractivity contribution in [2.75, 3.05) is 49.1 Å². The summed E-state index contributed by atoms with van der Waals surface area (Å²) < 4.78 is 11.8. The van der Waals surface area contributed by atoms with E-state index in [1.165, 1.54) is 27.6 Å². The zero-order valence-electron chi connectivity index (χ0n) is 36.9. The summed E-state index contributed by atoms with van der Waals surface area (Å²) in [5.74, 6) is -1.01. The number of oxazole rings is 2. The highest BCUT2D eigenvalue weighted by Crippen LogP contribution is 2.28. The van der Waals surface area contributed by atoms with E-state index in [4.69, 9.17) is 25.5 Å². The number of carbonyl (C=O) groups excluding carboxylic acids is 1. The highest BCUT2D eigenvalue weighted by molar-refractivity contribution is 6.31. The summed E-state index contributed by atoms with van der Waals surface area (Å²) in [6.45, 7) is 15.1. The minimum Gasteiger partial charge on any atom is -0.478 e. The van der Waals surface area contributed by atoms with Gasteiger partial charge in [0.15, 0.2) is 11.2 Å². The van der Waals surface area contributed by atoms with Crippen molar-refractivity contribution in [2.45, 2.75) is 74.4 Å². The van der Waals surface area contributed by atoms with Crippen molar-refractivity contribution in [1.29, 1.82) is 0 Å². The van der Waals surface area contributed by atoms with E-state index >= 15 is 0 Å². The van der Waals surface area contributed by atoms with E-state index in [1.54, 1.807) is 36.7 Å². The number of nitrogens with one attached hydrogen (secondary N) is 1. The van der Waals surface area contributed by atoms with Gasteiger partial charge in [0.1, 0.15) is 16.7 Å². The number of aromatic carboxylic acids is 1. The molecule has 2 aliphatic heterocycles. The van der Waals surface area contributed by atoms with E-state index in [2.05, 4.69) is 78.4 Å². The Morgan fingerprint density at radius 1 is 0.642 bits per heavy atom. The van der Waals surface area contributed by atoms with Gasteiger partial charge in [0, 0.05) is 56.4 Å². The molecule has 17 nitrogen and oxygen atoms in total. The molecule has 352 valence electrons. The molecule has 18 heteroatoms. The van der Waals surface area contributed by atoms with Crippen molar-refractivity contribution in [3.63, 3.8) is 0 Å². The van der Waals surface area contributed by atoms with Crippen LogP contribution in [0.4, 0.5) is 12.0 Å². The van der Waals surface area contributed by atoms with Crippen LogP contribution in [0.15, 0.2) is 106 Å². The first-order valence-electron chi connectivity index (χ1n) is 21.6. The van der Waals surface area contributed by atoms with Crippen LogP contribution in [0.25, 0.3) is 33.6 Å². The second kappa shape index (κ2) is 21.9. The Morgan fingerprint density at radius 2 is 1.15 bits per heavy atom. The van der Waals surface area contributed by atoms with E-state index in [1.807, 2.05) is 55.1 Å². The van der Waals surface area contributed by atoms with E-state index < -0.39 is 5.97 Å². The van der Waals surface area contributed by atoms with Crippen LogP contribution < -0.4 is 15.1 Å². The number of fused-ring (bicyclic) bond motifs is 2. The Hall–Kier alpha value is -7.11. The van der Waals surface area contributed by atoms with Crippen molar-refractivity contribution < 1.29 is 23.5 Å². The first-order chi connectivity index (χ1) is 31.4. The smallest absolute Gasteiger partial charge is 0.337 e. The zero-order valence-corrected chi connectivity index (χ0v) is 37.7.